The van der Waals surface area contributed by atoms with Crippen LogP contribution in [0.15, 0.2) is 73.3 Å². The van der Waals surface area contributed by atoms with Crippen LogP contribution in [0.1, 0.15) is 69.5 Å². The molecule has 3 aliphatic carbocycles. The zero-order valence-corrected chi connectivity index (χ0v) is 18.6. The van der Waals surface area contributed by atoms with Gasteiger partial charge in [-0.2, -0.15) is 0 Å². The van der Waals surface area contributed by atoms with E-state index in [9.17, 15) is 0 Å². The lowest BCUT2D eigenvalue weighted by molar-refractivity contribution is 0.277. The molecule has 0 N–H and O–H groups in total. The number of hydrogen-bond donors (Lipinski definition) is 0. The monoisotopic (exact) mass is 400 g/mol. The predicted octanol–water partition coefficient (Wildman–Crippen LogP) is 7.70. The van der Waals surface area contributed by atoms with Crippen molar-refractivity contribution in [2.24, 2.45) is 11.8 Å². The maximum Gasteiger partial charge on any atom is 0.0336 e. The second-order valence-electron chi connectivity index (χ2n) is 8.66. The minimum Gasteiger partial charge on any atom is -0.351 e. The van der Waals surface area contributed by atoms with Crippen LogP contribution in [0.4, 0.5) is 0 Å². The molecule has 2 aromatic heterocycles. The fourth-order valence-corrected chi connectivity index (χ4v) is 5.49. The Morgan fingerprint density at radius 2 is 1.33 bits per heavy atom. The molecule has 3 aromatic rings. The van der Waals surface area contributed by atoms with Gasteiger partial charge >= 0.3 is 0 Å². The quantitative estimate of drug-likeness (QED) is 0.417. The average molecular weight is 401 g/mol. The number of benzene rings is 1. The molecule has 2 nitrogen and oxygen atoms in total. The fraction of sp³-hybridized carbons (Fsp3) is 0.429. The first-order valence-corrected chi connectivity index (χ1v) is 11.9. The van der Waals surface area contributed by atoms with Gasteiger partial charge in [0, 0.05) is 42.9 Å². The third-order valence-corrected chi connectivity index (χ3v) is 6.95. The Balaban J connectivity index is 0.000000134. The topological polar surface area (TPSA) is 9.86 Å². The third kappa shape index (κ3) is 4.64. The molecular formula is C28H36N2. The summed E-state index contributed by atoms with van der Waals surface area (Å²) in [7, 11) is 0. The van der Waals surface area contributed by atoms with E-state index in [2.05, 4.69) is 88.5 Å². The molecular weight excluding hydrogens is 364 g/mol. The minimum absolute atomic E-state index is 0.818. The van der Waals surface area contributed by atoms with Crippen molar-refractivity contribution >= 4 is 11.8 Å². The summed E-state index contributed by atoms with van der Waals surface area (Å²) in [5.41, 5.74) is 4.14. The van der Waals surface area contributed by atoms with Gasteiger partial charge in [0.15, 0.2) is 0 Å². The number of nitrogens with zero attached hydrogens (tertiary/aromatic N) is 2. The number of allylic oxidation sites excluding steroid dienone is 1. The lowest BCUT2D eigenvalue weighted by atomic mass is 9.82. The zero-order valence-electron chi connectivity index (χ0n) is 18.6. The molecule has 3 aliphatic rings. The molecule has 2 heterocycles. The van der Waals surface area contributed by atoms with Crippen LogP contribution in [0.25, 0.3) is 11.8 Å². The number of aromatic nitrogens is 2. The van der Waals surface area contributed by atoms with Crippen molar-refractivity contribution in [1.29, 1.82) is 0 Å². The maximum absolute atomic E-state index is 2.43. The lowest BCUT2D eigenvalue weighted by Gasteiger charge is -2.23. The number of hydrogen-bond acceptors (Lipinski definition) is 0. The van der Waals surface area contributed by atoms with Gasteiger partial charge in [0.1, 0.15) is 0 Å². The molecule has 2 unspecified atom stereocenters. The van der Waals surface area contributed by atoms with E-state index in [1.165, 1.54) is 55.3 Å². The minimum atomic E-state index is 0.818. The highest BCUT2D eigenvalue weighted by Crippen LogP contribution is 2.46. The highest BCUT2D eigenvalue weighted by atomic mass is 15.0. The first-order chi connectivity index (χ1) is 14.9. The summed E-state index contributed by atoms with van der Waals surface area (Å²) in [6.07, 6.45) is 20.8. The van der Waals surface area contributed by atoms with E-state index in [1.54, 1.807) is 0 Å². The zero-order chi connectivity index (χ0) is 20.8. The molecule has 2 heteroatoms. The van der Waals surface area contributed by atoms with Crippen molar-refractivity contribution < 1.29 is 0 Å². The number of rotatable bonds is 2. The molecule has 0 saturated heterocycles. The van der Waals surface area contributed by atoms with Gasteiger partial charge in [-0.15, -0.1) is 0 Å². The molecule has 158 valence electrons. The average Bonchev–Trinajstić information content (AvgIpc) is 3.60. The van der Waals surface area contributed by atoms with Crippen molar-refractivity contribution in [3.05, 3.63) is 84.4 Å². The Bertz CT molecular complexity index is 903. The Hall–Kier alpha value is -2.48. The van der Waals surface area contributed by atoms with Crippen LogP contribution in [0.2, 0.25) is 0 Å². The smallest absolute Gasteiger partial charge is 0.0336 e. The second kappa shape index (κ2) is 10.0. The summed E-state index contributed by atoms with van der Waals surface area (Å²) in [6.45, 7) is 4.00. The maximum atomic E-state index is 2.43. The first kappa shape index (κ1) is 20.8. The lowest BCUT2D eigenvalue weighted by Crippen LogP contribution is -2.12. The van der Waals surface area contributed by atoms with Crippen LogP contribution in [-0.4, -0.2) is 9.13 Å². The molecule has 6 rings (SSSR count). The van der Waals surface area contributed by atoms with E-state index < -0.39 is 0 Å². The number of fused-ring (bicyclic) bond motifs is 2. The summed E-state index contributed by atoms with van der Waals surface area (Å²) < 4.78 is 4.61. The van der Waals surface area contributed by atoms with Crippen LogP contribution < -0.4 is 0 Å². The SMILES string of the molecule is C1=C(n2cccc2)Cc2ccccc21.CC.c1ccn(C2CC3CCCCC3C2)c1. The summed E-state index contributed by atoms with van der Waals surface area (Å²) >= 11 is 0. The van der Waals surface area contributed by atoms with E-state index in [-0.39, 0.29) is 0 Å². The van der Waals surface area contributed by atoms with Gasteiger partial charge in [0.25, 0.3) is 0 Å². The summed E-state index contributed by atoms with van der Waals surface area (Å²) in [5, 5.41) is 0. The molecule has 2 atom stereocenters. The van der Waals surface area contributed by atoms with Gasteiger partial charge in [-0.25, -0.2) is 0 Å². The van der Waals surface area contributed by atoms with E-state index in [1.807, 2.05) is 13.8 Å². The summed E-state index contributed by atoms with van der Waals surface area (Å²) in [4.78, 5) is 0. The Kier molecular flexibility index (Phi) is 6.94. The van der Waals surface area contributed by atoms with Crippen molar-refractivity contribution in [3.8, 4) is 0 Å². The molecule has 2 fully saturated rings. The molecule has 2 saturated carbocycles. The van der Waals surface area contributed by atoms with Gasteiger partial charge in [-0.1, -0.05) is 63.8 Å². The standard InChI is InChI=1S/C13H19N.C13H11N.C2H6/c2*1-2-6-12-10-13(9-11(12)5-1)14-7-3-4-8-14;1-2/h3-4,7-8,11-13H,1-2,5-6,9-10H2;1-9H,10H2;1-2H3. The molecule has 0 radical (unpaired) electrons. The Morgan fingerprint density at radius 1 is 0.733 bits per heavy atom. The van der Waals surface area contributed by atoms with Gasteiger partial charge in [0.05, 0.1) is 0 Å². The molecule has 1 aromatic carbocycles. The molecule has 0 bridgehead atoms. The fourth-order valence-electron chi connectivity index (χ4n) is 5.49. The second-order valence-corrected chi connectivity index (χ2v) is 8.66. The van der Waals surface area contributed by atoms with Crippen LogP contribution in [0, 0.1) is 11.8 Å². The first-order valence-electron chi connectivity index (χ1n) is 11.9. The highest BCUT2D eigenvalue weighted by molar-refractivity contribution is 5.79. The van der Waals surface area contributed by atoms with Crippen molar-refractivity contribution in [2.45, 2.75) is 64.8 Å². The highest BCUT2D eigenvalue weighted by Gasteiger charge is 2.35. The Morgan fingerprint density at radius 3 is 1.97 bits per heavy atom. The summed E-state index contributed by atoms with van der Waals surface area (Å²) in [5.74, 6) is 2.10. The largest absolute Gasteiger partial charge is 0.351 e. The van der Waals surface area contributed by atoms with Gasteiger partial charge < -0.3 is 9.13 Å². The molecule has 0 spiro atoms. The predicted molar refractivity (Wildman–Crippen MR) is 128 cm³/mol. The van der Waals surface area contributed by atoms with E-state index >= 15 is 0 Å². The van der Waals surface area contributed by atoms with E-state index in [0.29, 0.717) is 0 Å². The van der Waals surface area contributed by atoms with Crippen molar-refractivity contribution in [1.82, 2.24) is 9.13 Å². The van der Waals surface area contributed by atoms with Crippen LogP contribution >= 0.6 is 0 Å². The molecule has 30 heavy (non-hydrogen) atoms. The van der Waals surface area contributed by atoms with Crippen LogP contribution in [-0.2, 0) is 6.42 Å². The molecule has 0 aliphatic heterocycles. The van der Waals surface area contributed by atoms with Gasteiger partial charge in [-0.3, -0.25) is 0 Å². The Labute approximate surface area is 182 Å². The van der Waals surface area contributed by atoms with Crippen molar-refractivity contribution in [2.75, 3.05) is 0 Å². The molecule has 0 amide bonds. The normalized spacial score (nSPS) is 23.9. The van der Waals surface area contributed by atoms with Gasteiger partial charge in [-0.05, 0) is 66.1 Å². The van der Waals surface area contributed by atoms with Crippen LogP contribution in [0.3, 0.4) is 0 Å². The van der Waals surface area contributed by atoms with E-state index in [0.717, 1.165) is 24.3 Å². The van der Waals surface area contributed by atoms with E-state index in [4.69, 9.17) is 0 Å². The van der Waals surface area contributed by atoms with Gasteiger partial charge in [0.2, 0.25) is 0 Å². The summed E-state index contributed by atoms with van der Waals surface area (Å²) in [6, 6.07) is 17.8. The van der Waals surface area contributed by atoms with Crippen molar-refractivity contribution in [3.63, 3.8) is 0 Å². The van der Waals surface area contributed by atoms with Crippen LogP contribution in [0.5, 0.6) is 0 Å². The third-order valence-electron chi connectivity index (χ3n) is 6.95.